The van der Waals surface area contributed by atoms with E-state index in [0.29, 0.717) is 17.2 Å². The molecule has 3 aromatic heterocycles. The number of nitrogens with zero attached hydrogens (tertiary/aromatic N) is 8. The number of benzene rings is 1. The Bertz CT molecular complexity index is 1020. The van der Waals surface area contributed by atoms with Gasteiger partial charge < -0.3 is 11.5 Å². The number of rotatable bonds is 3. The maximum absolute atomic E-state index is 13.9. The minimum atomic E-state index is -0.333. The highest BCUT2D eigenvalue weighted by Crippen LogP contribution is 2.18. The molecule has 4 N–H and O–H groups in total. The fourth-order valence-electron chi connectivity index (χ4n) is 2.32. The predicted octanol–water partition coefficient (Wildman–Crippen LogP) is 0.130. The lowest BCUT2D eigenvalue weighted by Gasteiger charge is -2.02. The maximum Gasteiger partial charge on any atom is 0.253 e. The third-order valence-electron chi connectivity index (χ3n) is 3.35. The van der Waals surface area contributed by atoms with E-state index in [1.54, 1.807) is 22.6 Å². The number of nitrogen functional groups attached to an aromatic ring is 2. The lowest BCUT2D eigenvalue weighted by atomic mass is 10.2. The van der Waals surface area contributed by atoms with Crippen molar-refractivity contribution >= 4 is 17.7 Å². The highest BCUT2D eigenvalue weighted by Gasteiger charge is 2.18. The van der Waals surface area contributed by atoms with Crippen molar-refractivity contribution in [2.75, 3.05) is 11.5 Å². The van der Waals surface area contributed by atoms with Crippen molar-refractivity contribution in [3.05, 3.63) is 42.0 Å². The van der Waals surface area contributed by atoms with E-state index in [9.17, 15) is 4.39 Å². The standard InChI is InChI=1S/C13H11FN10/c14-8-4-2-1-3-7(8)5-24-13-21-17-6-23(13)10(22-24)9-18-11(15)20-12(16)19-9/h1-4,6H,5H2,(H4,15,16,18,19,20). The molecule has 0 atom stereocenters. The predicted molar refractivity (Wildman–Crippen MR) is 81.9 cm³/mol. The molecule has 10 nitrogen and oxygen atoms in total. The summed E-state index contributed by atoms with van der Waals surface area (Å²) >= 11 is 0. The molecule has 1 aromatic carbocycles. The van der Waals surface area contributed by atoms with Crippen LogP contribution in [0, 0.1) is 5.82 Å². The molecule has 0 radical (unpaired) electrons. The second-order valence-electron chi connectivity index (χ2n) is 4.95. The van der Waals surface area contributed by atoms with Gasteiger partial charge in [0.05, 0.1) is 6.54 Å². The zero-order chi connectivity index (χ0) is 16.7. The monoisotopic (exact) mass is 326 g/mol. The lowest BCUT2D eigenvalue weighted by Crippen LogP contribution is -2.07. The van der Waals surface area contributed by atoms with Crippen molar-refractivity contribution in [3.8, 4) is 11.6 Å². The summed E-state index contributed by atoms with van der Waals surface area (Å²) < 4.78 is 16.9. The van der Waals surface area contributed by atoms with Gasteiger partial charge in [-0.05, 0) is 6.07 Å². The number of hydrogen-bond acceptors (Lipinski definition) is 8. The van der Waals surface area contributed by atoms with Crippen LogP contribution in [0.15, 0.2) is 30.6 Å². The number of fused-ring (bicyclic) bond motifs is 1. The van der Waals surface area contributed by atoms with Crippen molar-refractivity contribution in [2.24, 2.45) is 0 Å². The van der Waals surface area contributed by atoms with Gasteiger partial charge in [0.2, 0.25) is 23.5 Å². The van der Waals surface area contributed by atoms with Gasteiger partial charge in [-0.3, -0.25) is 0 Å². The van der Waals surface area contributed by atoms with Crippen LogP contribution < -0.4 is 11.5 Å². The van der Waals surface area contributed by atoms with Crippen LogP contribution >= 0.6 is 0 Å². The van der Waals surface area contributed by atoms with Crippen molar-refractivity contribution in [3.63, 3.8) is 0 Å². The Hall–Kier alpha value is -3.63. The minimum absolute atomic E-state index is 0.0256. The first-order valence-corrected chi connectivity index (χ1v) is 6.89. The molecule has 0 aliphatic heterocycles. The summed E-state index contributed by atoms with van der Waals surface area (Å²) in [6, 6.07) is 6.42. The molecule has 0 aliphatic rings. The minimum Gasteiger partial charge on any atom is -0.368 e. The van der Waals surface area contributed by atoms with Crippen molar-refractivity contribution < 1.29 is 4.39 Å². The van der Waals surface area contributed by atoms with Gasteiger partial charge in [-0.2, -0.15) is 15.0 Å². The first kappa shape index (κ1) is 14.0. The fraction of sp³-hybridized carbons (Fsp3) is 0.0769. The summed E-state index contributed by atoms with van der Waals surface area (Å²) in [7, 11) is 0. The second kappa shape index (κ2) is 5.22. The summed E-state index contributed by atoms with van der Waals surface area (Å²) in [6.07, 6.45) is 1.45. The van der Waals surface area contributed by atoms with Gasteiger partial charge in [-0.15, -0.1) is 15.3 Å². The fourth-order valence-corrected chi connectivity index (χ4v) is 2.32. The second-order valence-corrected chi connectivity index (χ2v) is 4.95. The molecule has 24 heavy (non-hydrogen) atoms. The lowest BCUT2D eigenvalue weighted by molar-refractivity contribution is 0.589. The van der Waals surface area contributed by atoms with Crippen LogP contribution in [0.3, 0.4) is 0 Å². The summed E-state index contributed by atoms with van der Waals surface area (Å²) in [5, 5.41) is 12.2. The van der Waals surface area contributed by atoms with Crippen molar-refractivity contribution in [1.29, 1.82) is 0 Å². The average molecular weight is 326 g/mol. The highest BCUT2D eigenvalue weighted by atomic mass is 19.1. The molecular weight excluding hydrogens is 315 g/mol. The molecule has 4 aromatic rings. The van der Waals surface area contributed by atoms with E-state index in [0.717, 1.165) is 0 Å². The number of halogens is 1. The molecule has 0 fully saturated rings. The van der Waals surface area contributed by atoms with E-state index < -0.39 is 0 Å². The number of hydrogen-bond donors (Lipinski definition) is 2. The first-order valence-electron chi connectivity index (χ1n) is 6.89. The van der Waals surface area contributed by atoms with Crippen molar-refractivity contribution in [2.45, 2.75) is 6.54 Å². The normalized spacial score (nSPS) is 11.2. The quantitative estimate of drug-likeness (QED) is 0.541. The third kappa shape index (κ3) is 2.27. The van der Waals surface area contributed by atoms with E-state index >= 15 is 0 Å². The van der Waals surface area contributed by atoms with E-state index in [-0.39, 0.29) is 30.1 Å². The molecule has 11 heteroatoms. The van der Waals surface area contributed by atoms with E-state index in [2.05, 4.69) is 30.2 Å². The molecule has 0 unspecified atom stereocenters. The van der Waals surface area contributed by atoms with E-state index in [1.807, 2.05) is 0 Å². The van der Waals surface area contributed by atoms with Crippen LogP contribution in [0.5, 0.6) is 0 Å². The Morgan fingerprint density at radius 1 is 1.04 bits per heavy atom. The smallest absolute Gasteiger partial charge is 0.253 e. The van der Waals surface area contributed by atoms with Crippen LogP contribution in [0.1, 0.15) is 5.56 Å². The Kier molecular flexibility index (Phi) is 3.05. The average Bonchev–Trinajstić information content (AvgIpc) is 3.12. The largest absolute Gasteiger partial charge is 0.368 e. The molecule has 0 saturated heterocycles. The molecule has 0 aliphatic carbocycles. The molecule has 120 valence electrons. The number of nitrogens with two attached hydrogens (primary N) is 2. The number of anilines is 2. The Balaban J connectivity index is 1.84. The van der Waals surface area contributed by atoms with Gasteiger partial charge in [0.25, 0.3) is 5.78 Å². The summed E-state index contributed by atoms with van der Waals surface area (Å²) in [6.45, 7) is 0.172. The molecular formula is C13H11FN10. The van der Waals surface area contributed by atoms with Gasteiger partial charge in [0.1, 0.15) is 12.1 Å². The van der Waals surface area contributed by atoms with Gasteiger partial charge in [0, 0.05) is 5.56 Å². The van der Waals surface area contributed by atoms with Crippen LogP contribution in [0.2, 0.25) is 0 Å². The summed E-state index contributed by atoms with van der Waals surface area (Å²) in [5.41, 5.74) is 11.7. The Morgan fingerprint density at radius 3 is 2.54 bits per heavy atom. The van der Waals surface area contributed by atoms with Crippen LogP contribution in [-0.2, 0) is 6.54 Å². The Morgan fingerprint density at radius 2 is 1.79 bits per heavy atom. The maximum atomic E-state index is 13.9. The Labute approximate surface area is 134 Å². The van der Waals surface area contributed by atoms with Crippen molar-refractivity contribution in [1.82, 2.24) is 39.3 Å². The number of aromatic nitrogens is 8. The molecule has 0 saturated carbocycles. The van der Waals surface area contributed by atoms with Gasteiger partial charge in [-0.25, -0.2) is 13.5 Å². The summed E-state index contributed by atoms with van der Waals surface area (Å²) in [5.74, 6) is 0.528. The molecule has 3 heterocycles. The van der Waals surface area contributed by atoms with Gasteiger partial charge in [-0.1, -0.05) is 18.2 Å². The molecule has 4 rings (SSSR count). The molecule has 0 bridgehead atoms. The van der Waals surface area contributed by atoms with E-state index in [4.69, 9.17) is 11.5 Å². The topological polar surface area (TPSA) is 139 Å². The van der Waals surface area contributed by atoms with Gasteiger partial charge >= 0.3 is 0 Å². The molecule has 0 amide bonds. The molecule has 0 spiro atoms. The highest BCUT2D eigenvalue weighted by molar-refractivity contribution is 5.52. The summed E-state index contributed by atoms with van der Waals surface area (Å²) in [4.78, 5) is 11.8. The van der Waals surface area contributed by atoms with E-state index in [1.165, 1.54) is 17.1 Å². The zero-order valence-electron chi connectivity index (χ0n) is 12.2. The van der Waals surface area contributed by atoms with Crippen LogP contribution in [0.4, 0.5) is 16.3 Å². The van der Waals surface area contributed by atoms with Crippen LogP contribution in [-0.4, -0.2) is 39.3 Å². The van der Waals surface area contributed by atoms with Crippen LogP contribution in [0.25, 0.3) is 17.4 Å². The SMILES string of the molecule is Nc1nc(N)nc(-c2nn(Cc3ccccc3F)c3nncn23)n1. The zero-order valence-corrected chi connectivity index (χ0v) is 12.2. The first-order chi connectivity index (χ1) is 11.6. The third-order valence-corrected chi connectivity index (χ3v) is 3.35. The van der Waals surface area contributed by atoms with Gasteiger partial charge in [0.15, 0.2) is 0 Å².